The summed E-state index contributed by atoms with van der Waals surface area (Å²) in [6.07, 6.45) is 26.9. The highest BCUT2D eigenvalue weighted by molar-refractivity contribution is 7.21. The molecule has 3 aromatic rings. The lowest BCUT2D eigenvalue weighted by Crippen LogP contribution is -1.97. The summed E-state index contributed by atoms with van der Waals surface area (Å²) in [6.45, 7) is 6.17. The van der Waals surface area contributed by atoms with Gasteiger partial charge in [-0.3, -0.25) is 0 Å². The molecule has 1 heterocycles. The number of thiazole rings is 1. The Bertz CT molecular complexity index is 1040. The minimum atomic E-state index is 0.800. The normalized spacial score (nSPS) is 11.4. The molecule has 3 nitrogen and oxygen atoms in total. The molecule has 0 bridgehead atoms. The third-order valence-electron chi connectivity index (χ3n) is 7.99. The molecule has 0 unspecified atom stereocenters. The molecule has 0 atom stereocenters. The molecule has 3 rings (SSSR count). The Hall–Kier alpha value is -2.07. The van der Waals surface area contributed by atoms with Gasteiger partial charge < -0.3 is 9.47 Å². The Morgan fingerprint density at radius 3 is 1.46 bits per heavy atom. The van der Waals surface area contributed by atoms with Crippen LogP contribution in [-0.4, -0.2) is 18.2 Å². The van der Waals surface area contributed by atoms with Gasteiger partial charge in [-0.2, -0.15) is 0 Å². The molecule has 0 radical (unpaired) electrons. The fourth-order valence-electron chi connectivity index (χ4n) is 5.37. The van der Waals surface area contributed by atoms with Crippen molar-refractivity contribution < 1.29 is 9.47 Å². The van der Waals surface area contributed by atoms with E-state index in [1.165, 1.54) is 120 Å². The first-order valence-electron chi connectivity index (χ1n) is 17.1. The lowest BCUT2D eigenvalue weighted by molar-refractivity contribution is 0.304. The van der Waals surface area contributed by atoms with Gasteiger partial charge in [-0.15, -0.1) is 11.3 Å². The van der Waals surface area contributed by atoms with Gasteiger partial charge in [-0.25, -0.2) is 4.98 Å². The van der Waals surface area contributed by atoms with Crippen LogP contribution in [0.25, 0.3) is 20.8 Å². The summed E-state index contributed by atoms with van der Waals surface area (Å²) >= 11 is 1.73. The maximum atomic E-state index is 6.07. The average Bonchev–Trinajstić information content (AvgIpc) is 3.42. The summed E-state index contributed by atoms with van der Waals surface area (Å²) in [7, 11) is 0. The Morgan fingerprint density at radius 1 is 0.512 bits per heavy atom. The van der Waals surface area contributed by atoms with Crippen LogP contribution >= 0.6 is 11.3 Å². The van der Waals surface area contributed by atoms with Crippen LogP contribution < -0.4 is 9.47 Å². The maximum Gasteiger partial charge on any atom is 0.124 e. The molecule has 0 fully saturated rings. The first-order chi connectivity index (χ1) is 20.3. The molecule has 0 saturated heterocycles. The van der Waals surface area contributed by atoms with E-state index in [0.29, 0.717) is 0 Å². The standard InChI is InChI=1S/C37H57NO2S/c1-3-5-7-9-11-13-15-17-19-21-29-39-33-25-23-32(24-26-33)37-38-35-28-27-34(31-36(35)41-37)40-30-22-20-18-16-14-12-10-8-6-4-2/h23-28,31H,3-22,29-30H2,1-2H3. The van der Waals surface area contributed by atoms with Crippen molar-refractivity contribution in [2.24, 2.45) is 0 Å². The minimum absolute atomic E-state index is 0.800. The van der Waals surface area contributed by atoms with Crippen LogP contribution in [0.5, 0.6) is 11.5 Å². The van der Waals surface area contributed by atoms with E-state index < -0.39 is 0 Å². The Balaban J connectivity index is 1.29. The van der Waals surface area contributed by atoms with Crippen LogP contribution in [0.1, 0.15) is 142 Å². The SMILES string of the molecule is CCCCCCCCCCCCOc1ccc(-c2nc3ccc(OCCCCCCCCCCCC)cc3s2)cc1. The summed E-state index contributed by atoms with van der Waals surface area (Å²) in [5.74, 6) is 1.91. The topological polar surface area (TPSA) is 31.4 Å². The van der Waals surface area contributed by atoms with Gasteiger partial charge in [0.15, 0.2) is 0 Å². The molecule has 4 heteroatoms. The van der Waals surface area contributed by atoms with Crippen LogP contribution in [0.3, 0.4) is 0 Å². The lowest BCUT2D eigenvalue weighted by atomic mass is 10.1. The highest BCUT2D eigenvalue weighted by atomic mass is 32.1. The van der Waals surface area contributed by atoms with Crippen molar-refractivity contribution in [3.63, 3.8) is 0 Å². The molecular weight excluding hydrogens is 522 g/mol. The number of rotatable bonds is 25. The van der Waals surface area contributed by atoms with E-state index in [2.05, 4.69) is 56.3 Å². The van der Waals surface area contributed by atoms with Gasteiger partial charge in [0.1, 0.15) is 16.5 Å². The van der Waals surface area contributed by atoms with Gasteiger partial charge in [0.2, 0.25) is 0 Å². The average molecular weight is 580 g/mol. The molecule has 1 aromatic heterocycles. The number of nitrogens with zero attached hydrogens (tertiary/aromatic N) is 1. The molecule has 41 heavy (non-hydrogen) atoms. The molecule has 2 aromatic carbocycles. The van der Waals surface area contributed by atoms with Gasteiger partial charge in [0.05, 0.1) is 23.4 Å². The van der Waals surface area contributed by atoms with Gasteiger partial charge >= 0.3 is 0 Å². The van der Waals surface area contributed by atoms with Crippen molar-refractivity contribution in [1.29, 1.82) is 0 Å². The van der Waals surface area contributed by atoms with E-state index in [9.17, 15) is 0 Å². The van der Waals surface area contributed by atoms with Crippen molar-refractivity contribution in [3.05, 3.63) is 42.5 Å². The zero-order valence-electron chi connectivity index (χ0n) is 26.3. The summed E-state index contributed by atoms with van der Waals surface area (Å²) in [4.78, 5) is 4.87. The first kappa shape index (κ1) is 33.4. The number of benzene rings is 2. The Labute approximate surface area is 255 Å². The summed E-state index contributed by atoms with van der Waals surface area (Å²) < 4.78 is 13.3. The van der Waals surface area contributed by atoms with Crippen LogP contribution in [0.15, 0.2) is 42.5 Å². The Kier molecular flexibility index (Phi) is 17.6. The van der Waals surface area contributed by atoms with Crippen LogP contribution in [0, 0.1) is 0 Å². The van der Waals surface area contributed by atoms with E-state index in [4.69, 9.17) is 14.5 Å². The number of aromatic nitrogens is 1. The van der Waals surface area contributed by atoms with Crippen molar-refractivity contribution >= 4 is 21.6 Å². The molecule has 0 amide bonds. The molecule has 228 valence electrons. The second-order valence-corrected chi connectivity index (χ2v) is 12.8. The molecule has 0 saturated carbocycles. The highest BCUT2D eigenvalue weighted by Gasteiger charge is 2.08. The van der Waals surface area contributed by atoms with Crippen LogP contribution in [0.4, 0.5) is 0 Å². The van der Waals surface area contributed by atoms with E-state index in [1.54, 1.807) is 11.3 Å². The number of ether oxygens (including phenoxy) is 2. The lowest BCUT2D eigenvalue weighted by Gasteiger charge is -2.07. The minimum Gasteiger partial charge on any atom is -0.494 e. The summed E-state index contributed by atoms with van der Waals surface area (Å²) in [5, 5.41) is 1.05. The second kappa shape index (κ2) is 21.6. The van der Waals surface area contributed by atoms with Crippen molar-refractivity contribution in [2.45, 2.75) is 142 Å². The van der Waals surface area contributed by atoms with Crippen molar-refractivity contribution in [3.8, 4) is 22.1 Å². The third-order valence-corrected chi connectivity index (χ3v) is 9.06. The number of fused-ring (bicyclic) bond motifs is 1. The van der Waals surface area contributed by atoms with E-state index in [-0.39, 0.29) is 0 Å². The number of hydrogen-bond donors (Lipinski definition) is 0. The zero-order chi connectivity index (χ0) is 28.8. The summed E-state index contributed by atoms with van der Waals surface area (Å²) in [5.41, 5.74) is 2.18. The molecule has 0 aliphatic carbocycles. The van der Waals surface area contributed by atoms with Gasteiger partial charge in [-0.05, 0) is 55.3 Å². The predicted molar refractivity (Wildman–Crippen MR) is 180 cm³/mol. The van der Waals surface area contributed by atoms with Gasteiger partial charge in [0, 0.05) is 5.56 Å². The van der Waals surface area contributed by atoms with Crippen molar-refractivity contribution in [1.82, 2.24) is 4.98 Å². The summed E-state index contributed by atoms with van der Waals surface area (Å²) in [6, 6.07) is 14.7. The fraction of sp³-hybridized carbons (Fsp3) is 0.649. The first-order valence-corrected chi connectivity index (χ1v) is 17.9. The van der Waals surface area contributed by atoms with Gasteiger partial charge in [-0.1, -0.05) is 129 Å². The molecule has 0 aliphatic rings. The predicted octanol–water partition coefficient (Wildman–Crippen LogP) is 12.6. The highest BCUT2D eigenvalue weighted by Crippen LogP contribution is 2.33. The van der Waals surface area contributed by atoms with Crippen LogP contribution in [0.2, 0.25) is 0 Å². The molecule has 0 N–H and O–H groups in total. The molecule has 0 aliphatic heterocycles. The van der Waals surface area contributed by atoms with Crippen LogP contribution in [-0.2, 0) is 0 Å². The van der Waals surface area contributed by atoms with E-state index >= 15 is 0 Å². The quantitative estimate of drug-likeness (QED) is 0.0935. The molecule has 0 spiro atoms. The van der Waals surface area contributed by atoms with E-state index in [1.807, 2.05) is 0 Å². The zero-order valence-corrected chi connectivity index (χ0v) is 27.1. The maximum absolute atomic E-state index is 6.07. The van der Waals surface area contributed by atoms with Crippen molar-refractivity contribution in [2.75, 3.05) is 13.2 Å². The Morgan fingerprint density at radius 2 is 0.951 bits per heavy atom. The smallest absolute Gasteiger partial charge is 0.124 e. The number of hydrogen-bond acceptors (Lipinski definition) is 4. The number of unbranched alkanes of at least 4 members (excludes halogenated alkanes) is 18. The van der Waals surface area contributed by atoms with E-state index in [0.717, 1.165) is 53.6 Å². The fourth-order valence-corrected chi connectivity index (χ4v) is 6.37. The monoisotopic (exact) mass is 579 g/mol. The van der Waals surface area contributed by atoms with Gasteiger partial charge in [0.25, 0.3) is 0 Å². The largest absolute Gasteiger partial charge is 0.494 e. The molecular formula is C37H57NO2S. The third kappa shape index (κ3) is 14.1. The second-order valence-electron chi connectivity index (χ2n) is 11.7.